The molecule has 7 heteroatoms. The lowest BCUT2D eigenvalue weighted by molar-refractivity contribution is -0.152. The molecule has 3 amide bonds. The van der Waals surface area contributed by atoms with Crippen molar-refractivity contribution in [1.82, 2.24) is 15.1 Å². The molecule has 0 unspecified atom stereocenters. The van der Waals surface area contributed by atoms with Gasteiger partial charge in [-0.15, -0.1) is 0 Å². The lowest BCUT2D eigenvalue weighted by Gasteiger charge is -2.44. The largest absolute Gasteiger partial charge is 0.415 e. The predicted octanol–water partition coefficient (Wildman–Crippen LogP) is 1.75. The monoisotopic (exact) mass is 393 g/mol. The Morgan fingerprint density at radius 2 is 1.79 bits per heavy atom. The molecule has 2 aromatic rings. The van der Waals surface area contributed by atoms with Gasteiger partial charge in [0.2, 0.25) is 11.8 Å². The second kappa shape index (κ2) is 7.95. The Morgan fingerprint density at radius 1 is 1.07 bits per heavy atom. The van der Waals surface area contributed by atoms with Gasteiger partial charge in [0.05, 0.1) is 6.54 Å². The number of rotatable bonds is 3. The first-order valence-electron chi connectivity index (χ1n) is 9.69. The Labute approximate surface area is 169 Å². The van der Waals surface area contributed by atoms with E-state index < -0.39 is 18.2 Å². The number of hydrogen-bond acceptors (Lipinski definition) is 4. The molecule has 29 heavy (non-hydrogen) atoms. The van der Waals surface area contributed by atoms with E-state index in [1.54, 1.807) is 17.0 Å². The van der Waals surface area contributed by atoms with Crippen LogP contribution in [0.3, 0.4) is 0 Å². The molecule has 0 aromatic heterocycles. The van der Waals surface area contributed by atoms with Crippen molar-refractivity contribution >= 4 is 17.9 Å². The number of carbonyl (C=O) groups is 3. The number of benzene rings is 2. The van der Waals surface area contributed by atoms with E-state index in [1.807, 2.05) is 49.4 Å². The SMILES string of the molecule is Cc1ccc(OC(=O)N2CCN3C(=O)[C@@H](Cc4ccccc4)NC(=O)[C@H]3C2)cc1. The highest BCUT2D eigenvalue weighted by Crippen LogP contribution is 2.20. The van der Waals surface area contributed by atoms with Gasteiger partial charge in [-0.1, -0.05) is 48.0 Å². The third kappa shape index (κ3) is 4.08. The van der Waals surface area contributed by atoms with E-state index in [9.17, 15) is 14.4 Å². The van der Waals surface area contributed by atoms with Crippen LogP contribution >= 0.6 is 0 Å². The van der Waals surface area contributed by atoms with Crippen molar-refractivity contribution in [2.75, 3.05) is 19.6 Å². The van der Waals surface area contributed by atoms with Crippen LogP contribution < -0.4 is 10.1 Å². The van der Waals surface area contributed by atoms with Gasteiger partial charge < -0.3 is 19.9 Å². The maximum atomic E-state index is 12.9. The number of ether oxygens (including phenoxy) is 1. The average molecular weight is 393 g/mol. The molecule has 0 saturated carbocycles. The van der Waals surface area contributed by atoms with Crippen molar-refractivity contribution in [3.63, 3.8) is 0 Å². The molecular formula is C22H23N3O4. The number of amides is 3. The van der Waals surface area contributed by atoms with Crippen LogP contribution in [0.2, 0.25) is 0 Å². The maximum absolute atomic E-state index is 12.9. The summed E-state index contributed by atoms with van der Waals surface area (Å²) in [4.78, 5) is 41.1. The third-order valence-electron chi connectivity index (χ3n) is 5.35. The van der Waals surface area contributed by atoms with Gasteiger partial charge in [0.25, 0.3) is 0 Å². The topological polar surface area (TPSA) is 79.0 Å². The fourth-order valence-electron chi connectivity index (χ4n) is 3.73. The number of fused-ring (bicyclic) bond motifs is 1. The molecule has 0 radical (unpaired) electrons. The molecule has 7 nitrogen and oxygen atoms in total. The Kier molecular flexibility index (Phi) is 5.20. The number of hydrogen-bond donors (Lipinski definition) is 1. The number of nitrogens with one attached hydrogen (secondary N) is 1. The molecule has 1 N–H and O–H groups in total. The molecule has 2 aromatic carbocycles. The van der Waals surface area contributed by atoms with Crippen LogP contribution in [0.5, 0.6) is 5.75 Å². The average Bonchev–Trinajstić information content (AvgIpc) is 2.74. The zero-order valence-electron chi connectivity index (χ0n) is 16.2. The second-order valence-electron chi connectivity index (χ2n) is 7.43. The van der Waals surface area contributed by atoms with Crippen LogP contribution in [-0.4, -0.2) is 59.4 Å². The second-order valence-corrected chi connectivity index (χ2v) is 7.43. The van der Waals surface area contributed by atoms with Gasteiger partial charge in [-0.2, -0.15) is 0 Å². The fourth-order valence-corrected chi connectivity index (χ4v) is 3.73. The van der Waals surface area contributed by atoms with Gasteiger partial charge in [0.1, 0.15) is 17.8 Å². The van der Waals surface area contributed by atoms with Crippen molar-refractivity contribution < 1.29 is 19.1 Å². The molecule has 2 aliphatic heterocycles. The van der Waals surface area contributed by atoms with Gasteiger partial charge >= 0.3 is 6.09 Å². The lowest BCUT2D eigenvalue weighted by Crippen LogP contribution is -2.70. The molecule has 2 atom stereocenters. The van der Waals surface area contributed by atoms with E-state index in [-0.39, 0.29) is 18.4 Å². The first-order valence-corrected chi connectivity index (χ1v) is 9.69. The zero-order valence-corrected chi connectivity index (χ0v) is 16.2. The number of nitrogens with zero attached hydrogens (tertiary/aromatic N) is 2. The van der Waals surface area contributed by atoms with Crippen molar-refractivity contribution in [2.45, 2.75) is 25.4 Å². The van der Waals surface area contributed by atoms with Gasteiger partial charge in [-0.25, -0.2) is 4.79 Å². The molecule has 0 bridgehead atoms. The summed E-state index contributed by atoms with van der Waals surface area (Å²) in [6.45, 7) is 2.72. The molecule has 2 heterocycles. The molecule has 2 saturated heterocycles. The lowest BCUT2D eigenvalue weighted by atomic mass is 9.99. The minimum absolute atomic E-state index is 0.106. The summed E-state index contributed by atoms with van der Waals surface area (Å²) in [5.74, 6) is 0.110. The van der Waals surface area contributed by atoms with E-state index in [0.717, 1.165) is 11.1 Å². The van der Waals surface area contributed by atoms with Crippen molar-refractivity contribution in [3.8, 4) is 5.75 Å². The highest BCUT2D eigenvalue weighted by Gasteiger charge is 2.44. The third-order valence-corrected chi connectivity index (χ3v) is 5.35. The molecular weight excluding hydrogens is 370 g/mol. The Balaban J connectivity index is 1.40. The first-order chi connectivity index (χ1) is 14.0. The molecule has 2 fully saturated rings. The summed E-state index contributed by atoms with van der Waals surface area (Å²) in [6.07, 6.45) is -0.0615. The van der Waals surface area contributed by atoms with Crippen molar-refractivity contribution in [2.24, 2.45) is 0 Å². The number of piperazine rings is 2. The van der Waals surface area contributed by atoms with Gasteiger partial charge in [-0.3, -0.25) is 9.59 Å². The van der Waals surface area contributed by atoms with E-state index >= 15 is 0 Å². The Hall–Kier alpha value is -3.35. The van der Waals surface area contributed by atoms with Crippen LogP contribution in [0.1, 0.15) is 11.1 Å². The molecule has 4 rings (SSSR count). The van der Waals surface area contributed by atoms with Crippen LogP contribution in [0.15, 0.2) is 54.6 Å². The highest BCUT2D eigenvalue weighted by atomic mass is 16.6. The summed E-state index contributed by atoms with van der Waals surface area (Å²) in [5, 5.41) is 2.82. The van der Waals surface area contributed by atoms with Gasteiger partial charge in [0.15, 0.2) is 0 Å². The molecule has 2 aliphatic rings. The van der Waals surface area contributed by atoms with E-state index in [1.165, 1.54) is 4.90 Å². The molecule has 0 spiro atoms. The predicted molar refractivity (Wildman–Crippen MR) is 106 cm³/mol. The van der Waals surface area contributed by atoms with Gasteiger partial charge in [-0.05, 0) is 24.6 Å². The summed E-state index contributed by atoms with van der Waals surface area (Å²) >= 11 is 0. The van der Waals surface area contributed by atoms with E-state index in [0.29, 0.717) is 25.3 Å². The first kappa shape index (κ1) is 19.0. The summed E-state index contributed by atoms with van der Waals surface area (Å²) in [6, 6.07) is 15.5. The minimum atomic E-state index is -0.686. The van der Waals surface area contributed by atoms with Crippen LogP contribution in [-0.2, 0) is 16.0 Å². The minimum Gasteiger partial charge on any atom is -0.410 e. The van der Waals surface area contributed by atoms with E-state index in [2.05, 4.69) is 5.32 Å². The van der Waals surface area contributed by atoms with Crippen molar-refractivity contribution in [3.05, 3.63) is 65.7 Å². The fraction of sp³-hybridized carbons (Fsp3) is 0.318. The normalized spacial score (nSPS) is 21.4. The molecule has 150 valence electrons. The van der Waals surface area contributed by atoms with Crippen LogP contribution in [0, 0.1) is 6.92 Å². The standard InChI is InChI=1S/C22H23N3O4/c1-15-7-9-17(10-8-15)29-22(28)24-11-12-25-19(14-24)20(26)23-18(21(25)27)13-16-5-3-2-4-6-16/h2-10,18-19H,11-14H2,1H3,(H,23,26)/t18-,19-/m1/s1. The van der Waals surface area contributed by atoms with Crippen LogP contribution in [0.25, 0.3) is 0 Å². The summed E-state index contributed by atoms with van der Waals surface area (Å²) < 4.78 is 5.40. The Bertz CT molecular complexity index is 913. The smallest absolute Gasteiger partial charge is 0.410 e. The Morgan fingerprint density at radius 3 is 2.52 bits per heavy atom. The maximum Gasteiger partial charge on any atom is 0.415 e. The number of aryl methyl sites for hydroxylation is 1. The van der Waals surface area contributed by atoms with E-state index in [4.69, 9.17) is 4.74 Å². The van der Waals surface area contributed by atoms with Gasteiger partial charge in [0, 0.05) is 19.5 Å². The summed E-state index contributed by atoms with van der Waals surface area (Å²) in [5.41, 5.74) is 2.06. The van der Waals surface area contributed by atoms with Crippen LogP contribution in [0.4, 0.5) is 4.79 Å². The number of carbonyl (C=O) groups excluding carboxylic acids is 3. The molecule has 0 aliphatic carbocycles. The summed E-state index contributed by atoms with van der Waals surface area (Å²) in [7, 11) is 0. The zero-order chi connectivity index (χ0) is 20.4. The highest BCUT2D eigenvalue weighted by molar-refractivity contribution is 5.97. The van der Waals surface area contributed by atoms with Crippen molar-refractivity contribution in [1.29, 1.82) is 0 Å². The quantitative estimate of drug-likeness (QED) is 0.862.